The number of ether oxygens (including phenoxy) is 1. The van der Waals surface area contributed by atoms with Crippen molar-refractivity contribution in [3.05, 3.63) is 39.9 Å². The van der Waals surface area contributed by atoms with Gasteiger partial charge in [-0.25, -0.2) is 0 Å². The van der Waals surface area contributed by atoms with E-state index in [-0.39, 0.29) is 18.7 Å². The normalized spacial score (nSPS) is 10.2. The number of benzene rings is 1. The fourth-order valence-corrected chi connectivity index (χ4v) is 1.58. The molecule has 0 saturated heterocycles. The molecule has 0 spiro atoms. The SMILES string of the molecule is CCCNCCOC(=O)Cc1ccccc1[N+](=O)[O-]. The van der Waals surface area contributed by atoms with Gasteiger partial charge in [-0.1, -0.05) is 25.1 Å². The van der Waals surface area contributed by atoms with E-state index in [1.807, 2.05) is 6.92 Å². The van der Waals surface area contributed by atoms with Crippen molar-refractivity contribution in [2.75, 3.05) is 19.7 Å². The maximum Gasteiger partial charge on any atom is 0.310 e. The Morgan fingerprint density at radius 2 is 2.11 bits per heavy atom. The zero-order valence-electron chi connectivity index (χ0n) is 10.9. The molecule has 0 aliphatic rings. The largest absolute Gasteiger partial charge is 0.464 e. The van der Waals surface area contributed by atoms with Crippen LogP contribution in [0.25, 0.3) is 0 Å². The molecule has 0 unspecified atom stereocenters. The van der Waals surface area contributed by atoms with Gasteiger partial charge in [0, 0.05) is 18.2 Å². The maximum atomic E-state index is 11.5. The Labute approximate surface area is 111 Å². The Hall–Kier alpha value is -1.95. The van der Waals surface area contributed by atoms with Crippen molar-refractivity contribution in [3.8, 4) is 0 Å². The van der Waals surface area contributed by atoms with E-state index in [1.165, 1.54) is 6.07 Å². The molecule has 0 atom stereocenters. The van der Waals surface area contributed by atoms with Gasteiger partial charge in [0.1, 0.15) is 6.61 Å². The van der Waals surface area contributed by atoms with E-state index in [4.69, 9.17) is 4.74 Å². The van der Waals surface area contributed by atoms with Crippen molar-refractivity contribution in [3.63, 3.8) is 0 Å². The molecule has 0 bridgehead atoms. The highest BCUT2D eigenvalue weighted by Crippen LogP contribution is 2.18. The number of carbonyl (C=O) groups is 1. The standard InChI is InChI=1S/C13H18N2O4/c1-2-7-14-8-9-19-13(16)10-11-5-3-4-6-12(11)15(17)18/h3-6,14H,2,7-10H2,1H3. The maximum absolute atomic E-state index is 11.5. The molecule has 19 heavy (non-hydrogen) atoms. The Morgan fingerprint density at radius 3 is 2.79 bits per heavy atom. The van der Waals surface area contributed by atoms with Crippen LogP contribution in [0.5, 0.6) is 0 Å². The minimum absolute atomic E-state index is 0.0523. The van der Waals surface area contributed by atoms with Crippen LogP contribution in [0.15, 0.2) is 24.3 Å². The number of hydrogen-bond donors (Lipinski definition) is 1. The van der Waals surface area contributed by atoms with E-state index in [0.29, 0.717) is 12.1 Å². The molecule has 1 aromatic rings. The van der Waals surface area contributed by atoms with Gasteiger partial charge < -0.3 is 10.1 Å². The van der Waals surface area contributed by atoms with Gasteiger partial charge >= 0.3 is 5.97 Å². The summed E-state index contributed by atoms with van der Waals surface area (Å²) in [5.74, 6) is -0.451. The minimum Gasteiger partial charge on any atom is -0.464 e. The summed E-state index contributed by atoms with van der Waals surface area (Å²) in [4.78, 5) is 21.8. The molecule has 0 aliphatic carbocycles. The molecule has 1 aromatic carbocycles. The predicted molar refractivity (Wildman–Crippen MR) is 70.9 cm³/mol. The zero-order valence-corrected chi connectivity index (χ0v) is 10.9. The first-order valence-corrected chi connectivity index (χ1v) is 6.23. The first-order valence-electron chi connectivity index (χ1n) is 6.23. The van der Waals surface area contributed by atoms with Crippen LogP contribution in [0.2, 0.25) is 0 Å². The number of nitro benzene ring substituents is 1. The second kappa shape index (κ2) is 8.20. The van der Waals surface area contributed by atoms with E-state index in [0.717, 1.165) is 13.0 Å². The summed E-state index contributed by atoms with van der Waals surface area (Å²) in [6.45, 7) is 3.80. The predicted octanol–water partition coefficient (Wildman–Crippen LogP) is 1.68. The number of nitrogens with one attached hydrogen (secondary N) is 1. The summed E-state index contributed by atoms with van der Waals surface area (Å²) in [5, 5.41) is 13.9. The van der Waals surface area contributed by atoms with Crippen molar-refractivity contribution < 1.29 is 14.5 Å². The minimum atomic E-state index is -0.495. The number of nitro groups is 1. The van der Waals surface area contributed by atoms with Crippen LogP contribution in [-0.4, -0.2) is 30.6 Å². The lowest BCUT2D eigenvalue weighted by Gasteiger charge is -2.06. The van der Waals surface area contributed by atoms with E-state index in [2.05, 4.69) is 5.32 Å². The van der Waals surface area contributed by atoms with E-state index >= 15 is 0 Å². The fraction of sp³-hybridized carbons (Fsp3) is 0.462. The molecule has 104 valence electrons. The second-order valence-electron chi connectivity index (χ2n) is 4.03. The molecule has 1 N–H and O–H groups in total. The third-order valence-electron chi connectivity index (χ3n) is 2.49. The number of para-hydroxylation sites is 1. The van der Waals surface area contributed by atoms with Gasteiger partial charge in [-0.05, 0) is 13.0 Å². The molecule has 6 nitrogen and oxygen atoms in total. The molecular formula is C13H18N2O4. The zero-order chi connectivity index (χ0) is 14.1. The molecule has 1 rings (SSSR count). The number of esters is 1. The summed E-state index contributed by atoms with van der Waals surface area (Å²) in [6, 6.07) is 6.18. The van der Waals surface area contributed by atoms with E-state index < -0.39 is 10.9 Å². The van der Waals surface area contributed by atoms with Crippen LogP contribution >= 0.6 is 0 Å². The number of hydrogen-bond acceptors (Lipinski definition) is 5. The third-order valence-corrected chi connectivity index (χ3v) is 2.49. The van der Waals surface area contributed by atoms with Crippen molar-refractivity contribution in [1.29, 1.82) is 0 Å². The van der Waals surface area contributed by atoms with Crippen LogP contribution in [0.3, 0.4) is 0 Å². The summed E-state index contributed by atoms with van der Waals surface area (Å²) in [7, 11) is 0. The molecule has 0 heterocycles. The van der Waals surface area contributed by atoms with Gasteiger partial charge in [-0.3, -0.25) is 14.9 Å². The van der Waals surface area contributed by atoms with Gasteiger partial charge in [-0.15, -0.1) is 0 Å². The first kappa shape index (κ1) is 15.1. The first-order chi connectivity index (χ1) is 9.15. The quantitative estimate of drug-likeness (QED) is 0.335. The lowest BCUT2D eigenvalue weighted by atomic mass is 10.1. The molecule has 0 aliphatic heterocycles. The van der Waals surface area contributed by atoms with Gasteiger partial charge in [0.25, 0.3) is 5.69 Å². The topological polar surface area (TPSA) is 81.5 Å². The summed E-state index contributed by atoms with van der Waals surface area (Å²) in [6.07, 6.45) is 0.940. The lowest BCUT2D eigenvalue weighted by Crippen LogP contribution is -2.22. The third kappa shape index (κ3) is 5.48. The number of carbonyl (C=O) groups excluding carboxylic acids is 1. The molecule has 0 saturated carbocycles. The van der Waals surface area contributed by atoms with Crippen LogP contribution in [0, 0.1) is 10.1 Å². The molecular weight excluding hydrogens is 248 g/mol. The monoisotopic (exact) mass is 266 g/mol. The van der Waals surface area contributed by atoms with Gasteiger partial charge in [0.15, 0.2) is 0 Å². The smallest absolute Gasteiger partial charge is 0.310 e. The highest BCUT2D eigenvalue weighted by atomic mass is 16.6. The van der Waals surface area contributed by atoms with E-state index in [9.17, 15) is 14.9 Å². The molecule has 6 heteroatoms. The van der Waals surface area contributed by atoms with Crippen molar-refractivity contribution in [2.45, 2.75) is 19.8 Å². The van der Waals surface area contributed by atoms with Crippen LogP contribution < -0.4 is 5.32 Å². The molecule has 0 fully saturated rings. The fourth-order valence-electron chi connectivity index (χ4n) is 1.58. The highest BCUT2D eigenvalue weighted by Gasteiger charge is 2.15. The van der Waals surface area contributed by atoms with Crippen LogP contribution in [0.1, 0.15) is 18.9 Å². The van der Waals surface area contributed by atoms with Crippen molar-refractivity contribution in [2.24, 2.45) is 0 Å². The summed E-state index contributed by atoms with van der Waals surface area (Å²) >= 11 is 0. The van der Waals surface area contributed by atoms with E-state index in [1.54, 1.807) is 18.2 Å². The van der Waals surface area contributed by atoms with Crippen LogP contribution in [-0.2, 0) is 16.0 Å². The number of nitrogens with zero attached hydrogens (tertiary/aromatic N) is 1. The molecule has 0 radical (unpaired) electrons. The average molecular weight is 266 g/mol. The molecule has 0 aromatic heterocycles. The second-order valence-corrected chi connectivity index (χ2v) is 4.03. The Morgan fingerprint density at radius 1 is 1.37 bits per heavy atom. The van der Waals surface area contributed by atoms with Crippen molar-refractivity contribution >= 4 is 11.7 Å². The van der Waals surface area contributed by atoms with Gasteiger partial charge in [-0.2, -0.15) is 0 Å². The number of rotatable bonds is 8. The Balaban J connectivity index is 2.42. The Kier molecular flexibility index (Phi) is 6.52. The van der Waals surface area contributed by atoms with Gasteiger partial charge in [0.2, 0.25) is 0 Å². The van der Waals surface area contributed by atoms with Crippen LogP contribution in [0.4, 0.5) is 5.69 Å². The van der Waals surface area contributed by atoms with Gasteiger partial charge in [0.05, 0.1) is 11.3 Å². The van der Waals surface area contributed by atoms with Crippen molar-refractivity contribution in [1.82, 2.24) is 5.32 Å². The summed E-state index contributed by atoms with van der Waals surface area (Å²) < 4.78 is 5.00. The lowest BCUT2D eigenvalue weighted by molar-refractivity contribution is -0.385. The molecule has 0 amide bonds. The average Bonchev–Trinajstić information content (AvgIpc) is 2.39. The summed E-state index contributed by atoms with van der Waals surface area (Å²) in [5.41, 5.74) is 0.322. The highest BCUT2D eigenvalue weighted by molar-refractivity contribution is 5.74. The Bertz CT molecular complexity index is 434.